The highest BCUT2D eigenvalue weighted by Crippen LogP contribution is 2.26. The lowest BCUT2D eigenvalue weighted by molar-refractivity contribution is -0.131. The highest BCUT2D eigenvalue weighted by molar-refractivity contribution is 6.03. The SMILES string of the molecule is CC(C)(O)C1CCCN1C(=O)/C=C/C(=O)Nc1ccc(F)cc1. The van der Waals surface area contributed by atoms with Gasteiger partial charge in [-0.2, -0.15) is 0 Å². The molecule has 124 valence electrons. The van der Waals surface area contributed by atoms with Crippen LogP contribution in [0.1, 0.15) is 26.7 Å². The van der Waals surface area contributed by atoms with Crippen molar-refractivity contribution in [2.75, 3.05) is 11.9 Å². The molecule has 6 heteroatoms. The van der Waals surface area contributed by atoms with E-state index in [0.29, 0.717) is 12.2 Å². The summed E-state index contributed by atoms with van der Waals surface area (Å²) < 4.78 is 12.8. The first kappa shape index (κ1) is 17.1. The molecule has 1 atom stereocenters. The number of hydrogen-bond donors (Lipinski definition) is 2. The van der Waals surface area contributed by atoms with Crippen molar-refractivity contribution in [1.29, 1.82) is 0 Å². The summed E-state index contributed by atoms with van der Waals surface area (Å²) >= 11 is 0. The molecule has 2 rings (SSSR count). The van der Waals surface area contributed by atoms with Crippen molar-refractivity contribution in [2.45, 2.75) is 38.3 Å². The first-order valence-electron chi connectivity index (χ1n) is 7.55. The molecule has 5 nitrogen and oxygen atoms in total. The molecule has 1 fully saturated rings. The van der Waals surface area contributed by atoms with Crippen LogP contribution in [0.25, 0.3) is 0 Å². The van der Waals surface area contributed by atoms with Crippen molar-refractivity contribution in [3.8, 4) is 0 Å². The van der Waals surface area contributed by atoms with Gasteiger partial charge >= 0.3 is 0 Å². The molecule has 1 aromatic rings. The summed E-state index contributed by atoms with van der Waals surface area (Å²) in [6.07, 6.45) is 3.91. The molecule has 0 radical (unpaired) electrons. The maximum atomic E-state index is 12.8. The molecule has 1 unspecified atom stereocenters. The van der Waals surface area contributed by atoms with E-state index >= 15 is 0 Å². The molecule has 0 saturated carbocycles. The number of rotatable bonds is 4. The number of aliphatic hydroxyl groups is 1. The van der Waals surface area contributed by atoms with Crippen LogP contribution in [0.2, 0.25) is 0 Å². The van der Waals surface area contributed by atoms with Crippen LogP contribution in [-0.4, -0.2) is 40.0 Å². The largest absolute Gasteiger partial charge is 0.388 e. The van der Waals surface area contributed by atoms with Crippen LogP contribution in [0, 0.1) is 5.82 Å². The van der Waals surface area contributed by atoms with E-state index in [4.69, 9.17) is 0 Å². The van der Waals surface area contributed by atoms with Gasteiger partial charge in [0.1, 0.15) is 5.82 Å². The normalized spacial score (nSPS) is 18.4. The van der Waals surface area contributed by atoms with E-state index in [9.17, 15) is 19.1 Å². The number of hydrogen-bond acceptors (Lipinski definition) is 3. The first-order valence-corrected chi connectivity index (χ1v) is 7.55. The van der Waals surface area contributed by atoms with Crippen LogP contribution in [-0.2, 0) is 9.59 Å². The van der Waals surface area contributed by atoms with Gasteiger partial charge < -0.3 is 15.3 Å². The molecule has 0 aliphatic carbocycles. The highest BCUT2D eigenvalue weighted by atomic mass is 19.1. The maximum Gasteiger partial charge on any atom is 0.248 e. The smallest absolute Gasteiger partial charge is 0.248 e. The Morgan fingerprint density at radius 3 is 2.57 bits per heavy atom. The molecule has 23 heavy (non-hydrogen) atoms. The average Bonchev–Trinajstić information content (AvgIpc) is 2.97. The second-order valence-corrected chi connectivity index (χ2v) is 6.17. The van der Waals surface area contributed by atoms with E-state index in [2.05, 4.69) is 5.32 Å². The fraction of sp³-hybridized carbons (Fsp3) is 0.412. The van der Waals surface area contributed by atoms with Crippen molar-refractivity contribution in [2.24, 2.45) is 0 Å². The zero-order valence-electron chi connectivity index (χ0n) is 13.3. The number of amides is 2. The molecular formula is C17H21FN2O3. The van der Waals surface area contributed by atoms with Crippen LogP contribution in [0.4, 0.5) is 10.1 Å². The second kappa shape index (κ2) is 6.91. The van der Waals surface area contributed by atoms with Gasteiger partial charge in [-0.25, -0.2) is 4.39 Å². The number of halogens is 1. The average molecular weight is 320 g/mol. The van der Waals surface area contributed by atoms with Crippen LogP contribution < -0.4 is 5.32 Å². The van der Waals surface area contributed by atoms with Gasteiger partial charge in [-0.15, -0.1) is 0 Å². The van der Waals surface area contributed by atoms with Crippen molar-refractivity contribution in [3.05, 3.63) is 42.2 Å². The lowest BCUT2D eigenvalue weighted by atomic mass is 9.96. The second-order valence-electron chi connectivity index (χ2n) is 6.17. The molecule has 0 bridgehead atoms. The predicted molar refractivity (Wildman–Crippen MR) is 85.2 cm³/mol. The summed E-state index contributed by atoms with van der Waals surface area (Å²) in [6, 6.07) is 5.10. The van der Waals surface area contributed by atoms with Crippen LogP contribution in [0.15, 0.2) is 36.4 Å². The van der Waals surface area contributed by atoms with E-state index in [1.165, 1.54) is 30.3 Å². The monoisotopic (exact) mass is 320 g/mol. The standard InChI is InChI=1S/C17H21FN2O3/c1-17(2,23)14-4-3-11-20(14)16(22)10-9-15(21)19-13-7-5-12(18)6-8-13/h5-10,14,23H,3-4,11H2,1-2H3,(H,19,21)/b10-9+. The van der Waals surface area contributed by atoms with E-state index in [1.807, 2.05) is 0 Å². The molecule has 1 heterocycles. The van der Waals surface area contributed by atoms with E-state index < -0.39 is 11.5 Å². The lowest BCUT2D eigenvalue weighted by Gasteiger charge is -2.33. The van der Waals surface area contributed by atoms with E-state index in [0.717, 1.165) is 18.9 Å². The number of benzene rings is 1. The summed E-state index contributed by atoms with van der Waals surface area (Å²) in [4.78, 5) is 25.6. The van der Waals surface area contributed by atoms with Crippen molar-refractivity contribution < 1.29 is 19.1 Å². The van der Waals surface area contributed by atoms with Gasteiger partial charge in [0.15, 0.2) is 0 Å². The zero-order valence-corrected chi connectivity index (χ0v) is 13.3. The molecule has 1 aliphatic rings. The number of carbonyl (C=O) groups is 2. The topological polar surface area (TPSA) is 69.6 Å². The molecule has 1 saturated heterocycles. The third kappa shape index (κ3) is 4.63. The third-order valence-corrected chi connectivity index (χ3v) is 3.84. The van der Waals surface area contributed by atoms with Crippen LogP contribution in [0.3, 0.4) is 0 Å². The van der Waals surface area contributed by atoms with E-state index in [-0.39, 0.29) is 17.8 Å². The number of anilines is 1. The lowest BCUT2D eigenvalue weighted by Crippen LogP contribution is -2.47. The predicted octanol–water partition coefficient (Wildman–Crippen LogP) is 2.08. The quantitative estimate of drug-likeness (QED) is 0.835. The minimum absolute atomic E-state index is 0.250. The van der Waals surface area contributed by atoms with Gasteiger partial charge in [-0.3, -0.25) is 9.59 Å². The molecule has 0 aromatic heterocycles. The third-order valence-electron chi connectivity index (χ3n) is 3.84. The van der Waals surface area contributed by atoms with E-state index in [1.54, 1.807) is 18.7 Å². The molecule has 1 aromatic carbocycles. The maximum absolute atomic E-state index is 12.8. The molecule has 2 amide bonds. The van der Waals surface area contributed by atoms with Gasteiger partial charge in [0.25, 0.3) is 0 Å². The fourth-order valence-electron chi connectivity index (χ4n) is 2.72. The Morgan fingerprint density at radius 1 is 1.30 bits per heavy atom. The van der Waals surface area contributed by atoms with Crippen molar-refractivity contribution in [3.63, 3.8) is 0 Å². The van der Waals surface area contributed by atoms with Crippen molar-refractivity contribution in [1.82, 2.24) is 4.90 Å². The van der Waals surface area contributed by atoms with Gasteiger partial charge in [-0.1, -0.05) is 0 Å². The summed E-state index contributed by atoms with van der Waals surface area (Å²) in [5.41, 5.74) is -0.528. The minimum Gasteiger partial charge on any atom is -0.388 e. The number of likely N-dealkylation sites (tertiary alicyclic amines) is 1. The molecule has 1 aliphatic heterocycles. The fourth-order valence-corrected chi connectivity index (χ4v) is 2.72. The summed E-state index contributed by atoms with van der Waals surface area (Å²) in [5, 5.41) is 12.6. The Morgan fingerprint density at radius 2 is 1.96 bits per heavy atom. The minimum atomic E-state index is -0.976. The van der Waals surface area contributed by atoms with Gasteiger partial charge in [0, 0.05) is 24.4 Å². The molecular weight excluding hydrogens is 299 g/mol. The Bertz CT molecular complexity index is 605. The van der Waals surface area contributed by atoms with Gasteiger partial charge in [0.05, 0.1) is 11.6 Å². The van der Waals surface area contributed by atoms with Gasteiger partial charge in [-0.05, 0) is 51.0 Å². The Hall–Kier alpha value is -2.21. The number of carbonyl (C=O) groups excluding carboxylic acids is 2. The van der Waals surface area contributed by atoms with Gasteiger partial charge in [0.2, 0.25) is 11.8 Å². The number of nitrogens with one attached hydrogen (secondary N) is 1. The van der Waals surface area contributed by atoms with Crippen LogP contribution in [0.5, 0.6) is 0 Å². The zero-order chi connectivity index (χ0) is 17.0. The highest BCUT2D eigenvalue weighted by Gasteiger charge is 2.37. The van der Waals surface area contributed by atoms with Crippen LogP contribution >= 0.6 is 0 Å². The van der Waals surface area contributed by atoms with Crippen molar-refractivity contribution >= 4 is 17.5 Å². The number of nitrogens with zero attached hydrogens (tertiary/aromatic N) is 1. The Balaban J connectivity index is 1.95. The Kier molecular flexibility index (Phi) is 5.15. The first-order chi connectivity index (χ1) is 10.8. The Labute approximate surface area is 134 Å². The summed E-state index contributed by atoms with van der Waals surface area (Å²) in [6.45, 7) is 3.92. The summed E-state index contributed by atoms with van der Waals surface area (Å²) in [7, 11) is 0. The summed E-state index contributed by atoms with van der Waals surface area (Å²) in [5.74, 6) is -1.16. The molecule has 0 spiro atoms. The molecule has 2 N–H and O–H groups in total.